The number of rotatable bonds is 6. The molecular formula is C28H27ClN4OS. The fourth-order valence-corrected chi connectivity index (χ4v) is 5.46. The minimum absolute atomic E-state index is 0.0391. The van der Waals surface area contributed by atoms with E-state index in [-0.39, 0.29) is 12.1 Å². The summed E-state index contributed by atoms with van der Waals surface area (Å²) in [7, 11) is 1.68. The van der Waals surface area contributed by atoms with Crippen LogP contribution in [-0.4, -0.2) is 26.7 Å². The van der Waals surface area contributed by atoms with Gasteiger partial charge in [-0.3, -0.25) is 4.98 Å². The van der Waals surface area contributed by atoms with Crippen molar-refractivity contribution in [2.75, 3.05) is 7.11 Å². The summed E-state index contributed by atoms with van der Waals surface area (Å²) < 4.78 is 7.88. The molecule has 2 atom stereocenters. The Labute approximate surface area is 216 Å². The van der Waals surface area contributed by atoms with Gasteiger partial charge in [0.25, 0.3) is 0 Å². The Kier molecular flexibility index (Phi) is 6.50. The number of ether oxygens (including phenoxy) is 1. The van der Waals surface area contributed by atoms with E-state index in [4.69, 9.17) is 28.6 Å². The van der Waals surface area contributed by atoms with Crippen molar-refractivity contribution < 1.29 is 4.74 Å². The summed E-state index contributed by atoms with van der Waals surface area (Å²) in [6, 6.07) is 24.2. The lowest BCUT2D eigenvalue weighted by Crippen LogP contribution is -2.29. The highest BCUT2D eigenvalue weighted by atomic mass is 35.5. The van der Waals surface area contributed by atoms with Crippen molar-refractivity contribution in [3.8, 4) is 11.4 Å². The van der Waals surface area contributed by atoms with Crippen molar-refractivity contribution in [3.63, 3.8) is 0 Å². The number of thiocarbonyl (C=S) groups is 1. The highest BCUT2D eigenvalue weighted by molar-refractivity contribution is 7.80. The van der Waals surface area contributed by atoms with Gasteiger partial charge < -0.3 is 19.5 Å². The van der Waals surface area contributed by atoms with E-state index in [1.54, 1.807) is 7.11 Å². The number of aryl methyl sites for hydroxylation is 1. The van der Waals surface area contributed by atoms with Gasteiger partial charge in [-0.1, -0.05) is 48.0 Å². The Balaban J connectivity index is 1.65. The normalized spacial score (nSPS) is 17.5. The Hall–Kier alpha value is -3.35. The number of nitrogens with zero attached hydrogens (tertiary/aromatic N) is 3. The monoisotopic (exact) mass is 502 g/mol. The zero-order valence-electron chi connectivity index (χ0n) is 19.9. The maximum Gasteiger partial charge on any atom is 0.170 e. The van der Waals surface area contributed by atoms with E-state index >= 15 is 0 Å². The number of methoxy groups -OCH3 is 1. The van der Waals surface area contributed by atoms with Crippen LogP contribution in [0.5, 0.6) is 5.75 Å². The van der Waals surface area contributed by atoms with Crippen LogP contribution in [0.25, 0.3) is 5.69 Å². The molecule has 0 radical (unpaired) electrons. The van der Waals surface area contributed by atoms with Gasteiger partial charge in [0.1, 0.15) is 5.75 Å². The first kappa shape index (κ1) is 23.4. The fraction of sp³-hybridized carbons (Fsp3) is 0.214. The summed E-state index contributed by atoms with van der Waals surface area (Å²) in [4.78, 5) is 6.94. The molecule has 2 aromatic carbocycles. The Bertz CT molecular complexity index is 1360. The molecule has 4 aromatic rings. The highest BCUT2D eigenvalue weighted by Gasteiger charge is 2.41. The van der Waals surface area contributed by atoms with E-state index in [1.165, 1.54) is 11.1 Å². The molecule has 7 heteroatoms. The molecule has 5 rings (SSSR count). The maximum atomic E-state index is 6.39. The average Bonchev–Trinajstić information content (AvgIpc) is 3.35. The molecule has 1 aliphatic heterocycles. The van der Waals surface area contributed by atoms with E-state index in [9.17, 15) is 0 Å². The van der Waals surface area contributed by atoms with Crippen molar-refractivity contribution in [3.05, 3.63) is 112 Å². The largest absolute Gasteiger partial charge is 0.495 e. The lowest BCUT2D eigenvalue weighted by atomic mass is 9.96. The van der Waals surface area contributed by atoms with Crippen molar-refractivity contribution in [1.29, 1.82) is 0 Å². The molecule has 0 saturated carbocycles. The minimum atomic E-state index is -0.0809. The van der Waals surface area contributed by atoms with Crippen LogP contribution in [0.2, 0.25) is 5.02 Å². The predicted octanol–water partition coefficient (Wildman–Crippen LogP) is 6.32. The molecule has 0 amide bonds. The molecule has 1 fully saturated rings. The number of benzene rings is 2. The first-order chi connectivity index (χ1) is 17.0. The van der Waals surface area contributed by atoms with Crippen molar-refractivity contribution >= 4 is 28.9 Å². The molecule has 35 heavy (non-hydrogen) atoms. The molecule has 178 valence electrons. The molecule has 0 unspecified atom stereocenters. The molecule has 0 spiro atoms. The Morgan fingerprint density at radius 1 is 1.03 bits per heavy atom. The van der Waals surface area contributed by atoms with E-state index in [0.717, 1.165) is 33.6 Å². The molecule has 0 bridgehead atoms. The molecule has 5 nitrogen and oxygen atoms in total. The summed E-state index contributed by atoms with van der Waals surface area (Å²) in [5, 5.41) is 4.94. The molecule has 3 heterocycles. The van der Waals surface area contributed by atoms with Crippen LogP contribution < -0.4 is 10.1 Å². The zero-order valence-corrected chi connectivity index (χ0v) is 21.5. The first-order valence-electron chi connectivity index (χ1n) is 11.5. The number of aromatic nitrogens is 2. The zero-order chi connectivity index (χ0) is 24.5. The number of hydrogen-bond donors (Lipinski definition) is 1. The van der Waals surface area contributed by atoms with Gasteiger partial charge in [0.05, 0.1) is 30.6 Å². The molecule has 2 aromatic heterocycles. The van der Waals surface area contributed by atoms with Gasteiger partial charge in [0.2, 0.25) is 0 Å². The van der Waals surface area contributed by atoms with Crippen molar-refractivity contribution in [1.82, 2.24) is 19.8 Å². The van der Waals surface area contributed by atoms with Gasteiger partial charge in [-0.25, -0.2) is 0 Å². The van der Waals surface area contributed by atoms with Crippen LogP contribution >= 0.6 is 23.8 Å². The number of pyridine rings is 1. The quantitative estimate of drug-likeness (QED) is 0.312. The van der Waals surface area contributed by atoms with E-state index < -0.39 is 0 Å². The lowest BCUT2D eigenvalue weighted by molar-refractivity contribution is 0.310. The molecule has 0 aliphatic carbocycles. The van der Waals surface area contributed by atoms with E-state index in [2.05, 4.69) is 70.0 Å². The highest BCUT2D eigenvalue weighted by Crippen LogP contribution is 2.43. The number of hydrogen-bond acceptors (Lipinski definition) is 3. The SMILES string of the molecule is COc1ccc(Cl)cc1-n1c(C)cc([C@H]2[C@@H](c3ccccn3)NC(=S)N2Cc2ccccc2)c1C. The second-order valence-corrected chi connectivity index (χ2v) is 9.54. The Morgan fingerprint density at radius 3 is 2.51 bits per heavy atom. The third-order valence-electron chi connectivity index (χ3n) is 6.56. The van der Waals surface area contributed by atoms with Crippen LogP contribution in [0.3, 0.4) is 0 Å². The third-order valence-corrected chi connectivity index (χ3v) is 7.15. The summed E-state index contributed by atoms with van der Waals surface area (Å²) in [6.45, 7) is 4.94. The molecule has 1 N–H and O–H groups in total. The fourth-order valence-electron chi connectivity index (χ4n) is 4.99. The number of halogens is 1. The van der Waals surface area contributed by atoms with Crippen molar-refractivity contribution in [2.24, 2.45) is 0 Å². The lowest BCUT2D eigenvalue weighted by Gasteiger charge is -2.28. The van der Waals surface area contributed by atoms with Gasteiger partial charge in [0, 0.05) is 29.2 Å². The summed E-state index contributed by atoms with van der Waals surface area (Å²) in [5.41, 5.74) is 6.46. The minimum Gasteiger partial charge on any atom is -0.495 e. The van der Waals surface area contributed by atoms with Crippen LogP contribution in [0.1, 0.15) is 40.3 Å². The average molecular weight is 503 g/mol. The van der Waals surface area contributed by atoms with Crippen LogP contribution in [0.4, 0.5) is 0 Å². The van der Waals surface area contributed by atoms with E-state index in [1.807, 2.05) is 42.6 Å². The maximum absolute atomic E-state index is 6.39. The molecule has 1 saturated heterocycles. The van der Waals surface area contributed by atoms with Gasteiger partial charge in [0.15, 0.2) is 5.11 Å². The summed E-state index contributed by atoms with van der Waals surface area (Å²) in [6.07, 6.45) is 1.83. The first-order valence-corrected chi connectivity index (χ1v) is 12.3. The second kappa shape index (κ2) is 9.72. The van der Waals surface area contributed by atoms with Gasteiger partial charge in [-0.05, 0) is 73.6 Å². The Morgan fingerprint density at radius 2 is 1.80 bits per heavy atom. The van der Waals surface area contributed by atoms with Crippen LogP contribution in [0.15, 0.2) is 79.0 Å². The predicted molar refractivity (Wildman–Crippen MR) is 144 cm³/mol. The van der Waals surface area contributed by atoms with Gasteiger partial charge in [-0.2, -0.15) is 0 Å². The summed E-state index contributed by atoms with van der Waals surface area (Å²) >= 11 is 12.3. The second-order valence-electron chi connectivity index (χ2n) is 8.72. The molecule has 1 aliphatic rings. The van der Waals surface area contributed by atoms with Gasteiger partial charge in [-0.15, -0.1) is 0 Å². The third kappa shape index (κ3) is 4.40. The van der Waals surface area contributed by atoms with E-state index in [0.29, 0.717) is 11.6 Å². The standard InChI is InChI=1S/C28H27ClN4OS/c1-18-15-22(19(2)33(18)24-16-21(29)12-13-25(24)34-3)27-26(23-11-7-8-14-30-23)31-28(35)32(27)17-20-9-5-4-6-10-20/h4-16,26-27H,17H2,1-3H3,(H,31,35)/t26-,27+/m1/s1. The van der Waals surface area contributed by atoms with Crippen molar-refractivity contribution in [2.45, 2.75) is 32.5 Å². The van der Waals surface area contributed by atoms with Crippen LogP contribution in [0, 0.1) is 13.8 Å². The number of nitrogens with one attached hydrogen (secondary N) is 1. The summed E-state index contributed by atoms with van der Waals surface area (Å²) in [5.74, 6) is 0.769. The molecular weight excluding hydrogens is 476 g/mol. The topological polar surface area (TPSA) is 42.3 Å². The smallest absolute Gasteiger partial charge is 0.170 e. The van der Waals surface area contributed by atoms with Crippen LogP contribution in [-0.2, 0) is 6.54 Å². The van der Waals surface area contributed by atoms with Gasteiger partial charge >= 0.3 is 0 Å².